The lowest BCUT2D eigenvalue weighted by Crippen LogP contribution is -2.47. The van der Waals surface area contributed by atoms with Crippen LogP contribution in [0.3, 0.4) is 0 Å². The largest absolute Gasteiger partial charge is 0.477 e. The highest BCUT2D eigenvalue weighted by Gasteiger charge is 2.48. The van der Waals surface area contributed by atoms with Crippen molar-refractivity contribution >= 4 is 11.5 Å². The fourth-order valence-corrected chi connectivity index (χ4v) is 6.44. The Morgan fingerprint density at radius 1 is 1.18 bits per heavy atom. The van der Waals surface area contributed by atoms with Gasteiger partial charge in [-0.1, -0.05) is 6.07 Å². The van der Waals surface area contributed by atoms with E-state index in [4.69, 9.17) is 9.72 Å². The third kappa shape index (κ3) is 4.62. The second-order valence-electron chi connectivity index (χ2n) is 10.7. The van der Waals surface area contributed by atoms with Crippen LogP contribution in [0, 0.1) is 11.3 Å². The van der Waals surface area contributed by atoms with E-state index in [1.54, 1.807) is 6.20 Å². The van der Waals surface area contributed by atoms with Crippen molar-refractivity contribution in [3.63, 3.8) is 0 Å². The molecule has 7 nitrogen and oxygen atoms in total. The van der Waals surface area contributed by atoms with Gasteiger partial charge >= 0.3 is 6.18 Å². The molecule has 5 heterocycles. The molecule has 2 saturated heterocycles. The molecule has 0 unspecified atom stereocenters. The van der Waals surface area contributed by atoms with Crippen molar-refractivity contribution in [3.05, 3.63) is 65.4 Å². The van der Waals surface area contributed by atoms with Crippen LogP contribution in [-0.2, 0) is 11.6 Å². The summed E-state index contributed by atoms with van der Waals surface area (Å²) in [5, 5.41) is 13.1. The maximum Gasteiger partial charge on any atom is 0.416 e. The first-order chi connectivity index (χ1) is 19.3. The molecule has 1 spiro atoms. The number of benzene rings is 1. The number of rotatable bonds is 5. The van der Waals surface area contributed by atoms with Gasteiger partial charge in [0.15, 0.2) is 0 Å². The summed E-state index contributed by atoms with van der Waals surface area (Å²) in [6, 6.07) is 13.9. The summed E-state index contributed by atoms with van der Waals surface area (Å²) in [4.78, 5) is 14.1. The highest BCUT2D eigenvalue weighted by molar-refractivity contribution is 5.71. The molecule has 0 amide bonds. The first kappa shape index (κ1) is 26.4. The minimum absolute atomic E-state index is 0.0594. The maximum atomic E-state index is 13.2. The SMILES string of the molecule is CCOc1ncccc1-c1ccc2c(n1)N([C@H]1CCNC1)CC21CCN(c2ccc(C(F)(F)F)cc2C#N)CC1. The van der Waals surface area contributed by atoms with Crippen molar-refractivity contribution in [1.29, 1.82) is 5.26 Å². The van der Waals surface area contributed by atoms with Crippen molar-refractivity contribution in [2.45, 2.75) is 43.8 Å². The lowest BCUT2D eigenvalue weighted by molar-refractivity contribution is -0.137. The summed E-state index contributed by atoms with van der Waals surface area (Å²) in [6.45, 7) is 6.47. The van der Waals surface area contributed by atoms with Gasteiger partial charge in [-0.25, -0.2) is 9.97 Å². The Morgan fingerprint density at radius 2 is 2.00 bits per heavy atom. The fraction of sp³-hybridized carbons (Fsp3) is 0.433. The first-order valence-electron chi connectivity index (χ1n) is 13.8. The zero-order valence-corrected chi connectivity index (χ0v) is 22.3. The van der Waals surface area contributed by atoms with E-state index in [9.17, 15) is 18.4 Å². The summed E-state index contributed by atoms with van der Waals surface area (Å²) in [5.41, 5.74) is 2.62. The molecular formula is C30H31F3N6O. The van der Waals surface area contributed by atoms with Crippen LogP contribution in [0.5, 0.6) is 5.88 Å². The van der Waals surface area contributed by atoms with E-state index in [1.165, 1.54) is 11.6 Å². The zero-order chi connectivity index (χ0) is 27.9. The van der Waals surface area contributed by atoms with Crippen molar-refractivity contribution in [1.82, 2.24) is 15.3 Å². The molecule has 40 heavy (non-hydrogen) atoms. The van der Waals surface area contributed by atoms with E-state index >= 15 is 0 Å². The Morgan fingerprint density at radius 3 is 2.70 bits per heavy atom. The molecule has 0 bridgehead atoms. The number of ether oxygens (including phenoxy) is 1. The van der Waals surface area contributed by atoms with Crippen LogP contribution in [0.4, 0.5) is 24.7 Å². The number of nitriles is 1. The van der Waals surface area contributed by atoms with E-state index in [-0.39, 0.29) is 11.0 Å². The number of nitrogens with zero attached hydrogens (tertiary/aromatic N) is 5. The number of piperidine rings is 1. The van der Waals surface area contributed by atoms with Gasteiger partial charge in [0.05, 0.1) is 34.7 Å². The Labute approximate surface area is 231 Å². The third-order valence-electron chi connectivity index (χ3n) is 8.50. The number of nitrogens with one attached hydrogen (secondary N) is 1. The molecule has 0 radical (unpaired) electrons. The van der Waals surface area contributed by atoms with Gasteiger partial charge in [0, 0.05) is 49.4 Å². The molecule has 3 aliphatic heterocycles. The van der Waals surface area contributed by atoms with Gasteiger partial charge in [-0.3, -0.25) is 0 Å². The van der Waals surface area contributed by atoms with Gasteiger partial charge < -0.3 is 19.9 Å². The number of alkyl halides is 3. The van der Waals surface area contributed by atoms with Gasteiger partial charge in [-0.15, -0.1) is 0 Å². The van der Waals surface area contributed by atoms with Crippen molar-refractivity contribution in [2.24, 2.45) is 0 Å². The predicted molar refractivity (Wildman–Crippen MR) is 147 cm³/mol. The lowest BCUT2D eigenvalue weighted by Gasteiger charge is -2.41. The molecule has 0 aliphatic carbocycles. The highest BCUT2D eigenvalue weighted by atomic mass is 19.4. The topological polar surface area (TPSA) is 77.3 Å². The van der Waals surface area contributed by atoms with Crippen LogP contribution >= 0.6 is 0 Å². The van der Waals surface area contributed by atoms with Gasteiger partial charge in [-0.2, -0.15) is 18.4 Å². The number of fused-ring (bicyclic) bond motifs is 2. The Balaban J connectivity index is 1.31. The molecule has 2 aromatic heterocycles. The van der Waals surface area contributed by atoms with E-state index < -0.39 is 11.7 Å². The number of aromatic nitrogens is 2. The van der Waals surface area contributed by atoms with Crippen molar-refractivity contribution in [3.8, 4) is 23.2 Å². The van der Waals surface area contributed by atoms with Gasteiger partial charge in [-0.05, 0) is 69.1 Å². The summed E-state index contributed by atoms with van der Waals surface area (Å²) < 4.78 is 45.5. The number of hydrogen-bond donors (Lipinski definition) is 1. The minimum Gasteiger partial charge on any atom is -0.477 e. The van der Waals surface area contributed by atoms with Crippen LogP contribution < -0.4 is 19.9 Å². The van der Waals surface area contributed by atoms with Crippen molar-refractivity contribution < 1.29 is 17.9 Å². The first-order valence-corrected chi connectivity index (χ1v) is 13.8. The van der Waals surface area contributed by atoms with Crippen LogP contribution in [0.2, 0.25) is 0 Å². The quantitative estimate of drug-likeness (QED) is 0.472. The second-order valence-corrected chi connectivity index (χ2v) is 10.7. The Kier molecular flexibility index (Phi) is 6.78. The fourth-order valence-electron chi connectivity index (χ4n) is 6.44. The average Bonchev–Trinajstić information content (AvgIpc) is 3.60. The lowest BCUT2D eigenvalue weighted by atomic mass is 9.74. The molecule has 3 aliphatic rings. The molecule has 3 aromatic rings. The Hall–Kier alpha value is -3.84. The standard InChI is InChI=1S/C30H31F3N6O/c1-2-40-28-23(4-3-12-36-28)25-7-6-24-27(37-25)39(22-9-13-35-18-22)19-29(24)10-14-38(15-11-29)26-8-5-21(30(31,32)33)16-20(26)17-34/h3-8,12,16,22,35H,2,9-11,13-15,18-19H2,1H3/t22-/m0/s1. The number of halogens is 3. The average molecular weight is 549 g/mol. The van der Waals surface area contributed by atoms with Gasteiger partial charge in [0.25, 0.3) is 0 Å². The molecule has 1 aromatic carbocycles. The van der Waals surface area contributed by atoms with E-state index in [0.717, 1.165) is 68.1 Å². The molecule has 0 saturated carbocycles. The molecule has 1 N–H and O–H groups in total. The van der Waals surface area contributed by atoms with Crippen LogP contribution in [0.25, 0.3) is 11.3 Å². The Bertz CT molecular complexity index is 1440. The summed E-state index contributed by atoms with van der Waals surface area (Å²) in [5.74, 6) is 1.57. The number of hydrogen-bond acceptors (Lipinski definition) is 7. The van der Waals surface area contributed by atoms with Crippen LogP contribution in [-0.4, -0.2) is 55.3 Å². The van der Waals surface area contributed by atoms with Gasteiger partial charge in [0.2, 0.25) is 5.88 Å². The smallest absolute Gasteiger partial charge is 0.416 e. The van der Waals surface area contributed by atoms with Crippen LogP contribution in [0.15, 0.2) is 48.7 Å². The number of anilines is 2. The summed E-state index contributed by atoms with van der Waals surface area (Å²) >= 11 is 0. The highest BCUT2D eigenvalue weighted by Crippen LogP contribution is 2.49. The van der Waals surface area contributed by atoms with Crippen molar-refractivity contribution in [2.75, 3.05) is 49.1 Å². The normalized spacial score (nSPS) is 20.0. The summed E-state index contributed by atoms with van der Waals surface area (Å²) in [7, 11) is 0. The molecule has 10 heteroatoms. The third-order valence-corrected chi connectivity index (χ3v) is 8.50. The summed E-state index contributed by atoms with van der Waals surface area (Å²) in [6.07, 6.45) is -0.0775. The molecule has 6 rings (SSSR count). The maximum absolute atomic E-state index is 13.2. The van der Waals surface area contributed by atoms with Gasteiger partial charge in [0.1, 0.15) is 11.9 Å². The second kappa shape index (κ2) is 10.3. The van der Waals surface area contributed by atoms with Crippen LogP contribution in [0.1, 0.15) is 42.9 Å². The predicted octanol–water partition coefficient (Wildman–Crippen LogP) is 5.15. The molecular weight excluding hydrogens is 517 g/mol. The monoisotopic (exact) mass is 548 g/mol. The minimum atomic E-state index is -4.48. The zero-order valence-electron chi connectivity index (χ0n) is 22.3. The van der Waals surface area contributed by atoms with E-state index in [2.05, 4.69) is 26.2 Å². The van der Waals surface area contributed by atoms with E-state index in [0.29, 0.717) is 37.3 Å². The number of pyridine rings is 2. The molecule has 1 atom stereocenters. The van der Waals surface area contributed by atoms with E-state index in [1.807, 2.05) is 31.2 Å². The molecule has 2 fully saturated rings. The molecule has 208 valence electrons.